The van der Waals surface area contributed by atoms with E-state index < -0.39 is 0 Å². The molecule has 0 bridgehead atoms. The number of piperidine rings is 1. The molecule has 0 spiro atoms. The monoisotopic (exact) mass is 196 g/mol. The Bertz CT molecular complexity index is 213. The Morgan fingerprint density at radius 1 is 1.36 bits per heavy atom. The van der Waals surface area contributed by atoms with Gasteiger partial charge >= 0.3 is 0 Å². The van der Waals surface area contributed by atoms with Crippen molar-refractivity contribution in [2.75, 3.05) is 13.6 Å². The maximum Gasteiger partial charge on any atom is 0.220 e. The van der Waals surface area contributed by atoms with E-state index in [4.69, 9.17) is 0 Å². The van der Waals surface area contributed by atoms with Gasteiger partial charge in [0.05, 0.1) is 0 Å². The quantitative estimate of drug-likeness (QED) is 0.704. The van der Waals surface area contributed by atoms with E-state index in [-0.39, 0.29) is 5.91 Å². The molecule has 3 heteroatoms. The molecule has 2 atom stereocenters. The summed E-state index contributed by atoms with van der Waals surface area (Å²) in [6, 6.07) is 0.579. The highest BCUT2D eigenvalue weighted by molar-refractivity contribution is 5.76. The minimum Gasteiger partial charge on any atom is -0.356 e. The van der Waals surface area contributed by atoms with Crippen LogP contribution < -0.4 is 10.6 Å². The highest BCUT2D eigenvalue weighted by Crippen LogP contribution is 2.35. The molecule has 0 radical (unpaired) electrons. The third-order valence-corrected chi connectivity index (χ3v) is 3.78. The predicted octanol–water partition coefficient (Wildman–Crippen LogP) is 0.901. The first-order chi connectivity index (χ1) is 6.81. The van der Waals surface area contributed by atoms with E-state index in [2.05, 4.69) is 10.6 Å². The van der Waals surface area contributed by atoms with Gasteiger partial charge in [-0.05, 0) is 38.1 Å². The van der Waals surface area contributed by atoms with Crippen LogP contribution in [0.5, 0.6) is 0 Å². The van der Waals surface area contributed by atoms with Crippen molar-refractivity contribution in [1.29, 1.82) is 0 Å². The minimum atomic E-state index is 0.237. The summed E-state index contributed by atoms with van der Waals surface area (Å²) >= 11 is 0. The summed E-state index contributed by atoms with van der Waals surface area (Å²) in [5.74, 6) is 1.63. The standard InChI is InChI=1S/C11H20N2O/c1-12-11(8-3-2-4-8)9-5-6-13-10(14)7-9/h8-9,11-12H,2-7H2,1H3,(H,13,14). The zero-order valence-corrected chi connectivity index (χ0v) is 8.88. The van der Waals surface area contributed by atoms with Crippen molar-refractivity contribution < 1.29 is 4.79 Å². The Morgan fingerprint density at radius 2 is 2.14 bits per heavy atom. The first-order valence-electron chi connectivity index (χ1n) is 5.75. The van der Waals surface area contributed by atoms with Gasteiger partial charge in [0.15, 0.2) is 0 Å². The van der Waals surface area contributed by atoms with Gasteiger partial charge in [-0.25, -0.2) is 0 Å². The van der Waals surface area contributed by atoms with E-state index in [1.165, 1.54) is 19.3 Å². The molecule has 2 aliphatic rings. The molecule has 3 nitrogen and oxygen atoms in total. The summed E-state index contributed by atoms with van der Waals surface area (Å²) in [6.07, 6.45) is 5.95. The van der Waals surface area contributed by atoms with Crippen LogP contribution in [0.25, 0.3) is 0 Å². The molecule has 2 fully saturated rings. The van der Waals surface area contributed by atoms with Crippen LogP contribution in [0.3, 0.4) is 0 Å². The number of amides is 1. The summed E-state index contributed by atoms with van der Waals surface area (Å²) in [5, 5.41) is 6.31. The van der Waals surface area contributed by atoms with E-state index in [1.807, 2.05) is 7.05 Å². The van der Waals surface area contributed by atoms with Crippen LogP contribution in [0.2, 0.25) is 0 Å². The van der Waals surface area contributed by atoms with E-state index >= 15 is 0 Å². The number of hydrogen-bond donors (Lipinski definition) is 2. The number of nitrogens with one attached hydrogen (secondary N) is 2. The molecule has 2 rings (SSSR count). The first kappa shape index (κ1) is 9.97. The van der Waals surface area contributed by atoms with Crippen LogP contribution in [0.15, 0.2) is 0 Å². The van der Waals surface area contributed by atoms with Gasteiger partial charge in [-0.2, -0.15) is 0 Å². The van der Waals surface area contributed by atoms with E-state index in [9.17, 15) is 4.79 Å². The molecular weight excluding hydrogens is 176 g/mol. The van der Waals surface area contributed by atoms with Crippen molar-refractivity contribution in [1.82, 2.24) is 10.6 Å². The third kappa shape index (κ3) is 1.92. The molecule has 80 valence electrons. The van der Waals surface area contributed by atoms with Crippen LogP contribution in [0, 0.1) is 11.8 Å². The molecule has 1 saturated heterocycles. The Hall–Kier alpha value is -0.570. The first-order valence-corrected chi connectivity index (χ1v) is 5.75. The van der Waals surface area contributed by atoms with Crippen molar-refractivity contribution in [2.45, 2.75) is 38.1 Å². The van der Waals surface area contributed by atoms with Gasteiger partial charge in [-0.1, -0.05) is 6.42 Å². The molecule has 2 N–H and O–H groups in total. The second kappa shape index (κ2) is 4.30. The zero-order chi connectivity index (χ0) is 9.97. The van der Waals surface area contributed by atoms with Crippen molar-refractivity contribution >= 4 is 5.91 Å². The zero-order valence-electron chi connectivity index (χ0n) is 8.88. The van der Waals surface area contributed by atoms with Gasteiger partial charge in [-0.3, -0.25) is 4.79 Å². The van der Waals surface area contributed by atoms with Crippen molar-refractivity contribution in [2.24, 2.45) is 11.8 Å². The largest absolute Gasteiger partial charge is 0.356 e. The smallest absolute Gasteiger partial charge is 0.220 e. The van der Waals surface area contributed by atoms with Gasteiger partial charge in [0.25, 0.3) is 0 Å². The molecule has 0 aromatic carbocycles. The van der Waals surface area contributed by atoms with Crippen molar-refractivity contribution in [3.05, 3.63) is 0 Å². The number of carbonyl (C=O) groups is 1. The molecule has 0 aromatic rings. The highest BCUT2D eigenvalue weighted by atomic mass is 16.1. The predicted molar refractivity (Wildman–Crippen MR) is 55.9 cm³/mol. The van der Waals surface area contributed by atoms with Gasteiger partial charge < -0.3 is 10.6 Å². The average molecular weight is 196 g/mol. The Morgan fingerprint density at radius 3 is 2.64 bits per heavy atom. The molecular formula is C11H20N2O. The van der Waals surface area contributed by atoms with Gasteiger partial charge in [-0.15, -0.1) is 0 Å². The van der Waals surface area contributed by atoms with E-state index in [1.54, 1.807) is 0 Å². The van der Waals surface area contributed by atoms with Crippen LogP contribution >= 0.6 is 0 Å². The number of carbonyl (C=O) groups excluding carboxylic acids is 1. The summed E-state index contributed by atoms with van der Waals surface area (Å²) in [7, 11) is 2.04. The van der Waals surface area contributed by atoms with Gasteiger partial charge in [0.1, 0.15) is 0 Å². The molecule has 1 aliphatic heterocycles. The van der Waals surface area contributed by atoms with Gasteiger partial charge in [0.2, 0.25) is 5.91 Å². The van der Waals surface area contributed by atoms with Crippen molar-refractivity contribution in [3.63, 3.8) is 0 Å². The summed E-state index contributed by atoms with van der Waals surface area (Å²) in [5.41, 5.74) is 0. The number of hydrogen-bond acceptors (Lipinski definition) is 2. The van der Waals surface area contributed by atoms with Crippen LogP contribution in [-0.4, -0.2) is 25.5 Å². The van der Waals surface area contributed by atoms with Gasteiger partial charge in [0, 0.05) is 19.0 Å². The Labute approximate surface area is 85.6 Å². The van der Waals surface area contributed by atoms with Crippen LogP contribution in [0.1, 0.15) is 32.1 Å². The Balaban J connectivity index is 1.92. The fourth-order valence-electron chi connectivity index (χ4n) is 2.77. The fraction of sp³-hybridized carbons (Fsp3) is 0.909. The Kier molecular flexibility index (Phi) is 3.06. The topological polar surface area (TPSA) is 41.1 Å². The number of rotatable bonds is 3. The lowest BCUT2D eigenvalue weighted by Gasteiger charge is -2.39. The average Bonchev–Trinajstić information content (AvgIpc) is 2.10. The minimum absolute atomic E-state index is 0.237. The third-order valence-electron chi connectivity index (χ3n) is 3.78. The second-order valence-electron chi connectivity index (χ2n) is 4.61. The molecule has 14 heavy (non-hydrogen) atoms. The maximum atomic E-state index is 11.3. The van der Waals surface area contributed by atoms with Crippen LogP contribution in [0.4, 0.5) is 0 Å². The lowest BCUT2D eigenvalue weighted by Crippen LogP contribution is -2.48. The highest BCUT2D eigenvalue weighted by Gasteiger charge is 2.34. The second-order valence-corrected chi connectivity index (χ2v) is 4.61. The fourth-order valence-corrected chi connectivity index (χ4v) is 2.77. The lowest BCUT2D eigenvalue weighted by atomic mass is 9.72. The molecule has 1 heterocycles. The molecule has 1 aliphatic carbocycles. The van der Waals surface area contributed by atoms with E-state index in [0.29, 0.717) is 12.0 Å². The molecule has 2 unspecified atom stereocenters. The van der Waals surface area contributed by atoms with Crippen LogP contribution in [-0.2, 0) is 4.79 Å². The normalized spacial score (nSPS) is 30.6. The van der Waals surface area contributed by atoms with Crippen molar-refractivity contribution in [3.8, 4) is 0 Å². The van der Waals surface area contributed by atoms with E-state index in [0.717, 1.165) is 25.3 Å². The maximum absolute atomic E-state index is 11.3. The summed E-state index contributed by atoms with van der Waals surface area (Å²) in [4.78, 5) is 11.3. The molecule has 1 saturated carbocycles. The lowest BCUT2D eigenvalue weighted by molar-refractivity contribution is -0.124. The summed E-state index contributed by atoms with van der Waals surface area (Å²) in [6.45, 7) is 0.869. The molecule has 0 aromatic heterocycles. The SMILES string of the molecule is CNC(C1CCC1)C1CCNC(=O)C1. The molecule has 1 amide bonds. The summed E-state index contributed by atoms with van der Waals surface area (Å²) < 4.78 is 0.